The highest BCUT2D eigenvalue weighted by Gasteiger charge is 2.29. The van der Waals surface area contributed by atoms with Gasteiger partial charge >= 0.3 is 0 Å². The highest BCUT2D eigenvalue weighted by molar-refractivity contribution is 6.18. The Hall–Kier alpha value is -1.26. The van der Waals surface area contributed by atoms with E-state index < -0.39 is 0 Å². The Kier molecular flexibility index (Phi) is 4.44. The molecule has 1 unspecified atom stereocenters. The van der Waals surface area contributed by atoms with Crippen LogP contribution >= 0.6 is 11.6 Å². The van der Waals surface area contributed by atoms with Crippen molar-refractivity contribution in [3.63, 3.8) is 0 Å². The Bertz CT molecular complexity index is 407. The number of carbonyl (C=O) groups is 1. The zero-order valence-electron chi connectivity index (χ0n) is 10.0. The second-order valence-corrected chi connectivity index (χ2v) is 4.60. The van der Waals surface area contributed by atoms with E-state index in [2.05, 4.69) is 0 Å². The second kappa shape index (κ2) is 6.07. The Morgan fingerprint density at radius 3 is 2.67 bits per heavy atom. The molecule has 0 saturated carbocycles. The third-order valence-corrected chi connectivity index (χ3v) is 3.37. The lowest BCUT2D eigenvalue weighted by molar-refractivity contribution is -0.117. The lowest BCUT2D eigenvalue weighted by atomic mass is 10.1. The summed E-state index contributed by atoms with van der Waals surface area (Å²) in [5.41, 5.74) is 0.865. The molecule has 0 aromatic heterocycles. The van der Waals surface area contributed by atoms with Crippen molar-refractivity contribution in [3.05, 3.63) is 24.3 Å². The maximum atomic E-state index is 11.8. The SMILES string of the molecule is O=C1CC(CCl)CN1c1ccc(OCCO)cc1. The van der Waals surface area contributed by atoms with Gasteiger partial charge in [0.15, 0.2) is 0 Å². The highest BCUT2D eigenvalue weighted by atomic mass is 35.5. The molecule has 1 fully saturated rings. The molecule has 98 valence electrons. The molecular weight excluding hydrogens is 254 g/mol. The summed E-state index contributed by atoms with van der Waals surface area (Å²) in [5, 5.41) is 8.66. The summed E-state index contributed by atoms with van der Waals surface area (Å²) in [6.07, 6.45) is 0.520. The van der Waals surface area contributed by atoms with Gasteiger partial charge in [0, 0.05) is 24.5 Å². The van der Waals surface area contributed by atoms with Gasteiger partial charge in [-0.05, 0) is 30.2 Å². The molecule has 1 heterocycles. The molecule has 5 heteroatoms. The number of ether oxygens (including phenoxy) is 1. The van der Waals surface area contributed by atoms with E-state index in [9.17, 15) is 4.79 Å². The number of aliphatic hydroxyl groups is 1. The number of aliphatic hydroxyl groups excluding tert-OH is 1. The largest absolute Gasteiger partial charge is 0.491 e. The van der Waals surface area contributed by atoms with E-state index in [4.69, 9.17) is 21.4 Å². The van der Waals surface area contributed by atoms with Crippen molar-refractivity contribution in [2.24, 2.45) is 5.92 Å². The van der Waals surface area contributed by atoms with Crippen LogP contribution in [0.4, 0.5) is 5.69 Å². The van der Waals surface area contributed by atoms with Crippen LogP contribution in [0.25, 0.3) is 0 Å². The van der Waals surface area contributed by atoms with Gasteiger partial charge in [-0.15, -0.1) is 11.6 Å². The van der Waals surface area contributed by atoms with Gasteiger partial charge in [0.1, 0.15) is 12.4 Å². The van der Waals surface area contributed by atoms with E-state index in [1.807, 2.05) is 12.1 Å². The van der Waals surface area contributed by atoms with E-state index in [0.29, 0.717) is 24.6 Å². The fraction of sp³-hybridized carbons (Fsp3) is 0.462. The Balaban J connectivity index is 2.03. The van der Waals surface area contributed by atoms with Crippen LogP contribution in [0.3, 0.4) is 0 Å². The number of nitrogens with zero attached hydrogens (tertiary/aromatic N) is 1. The van der Waals surface area contributed by atoms with Crippen LogP contribution in [0.2, 0.25) is 0 Å². The van der Waals surface area contributed by atoms with E-state index in [0.717, 1.165) is 5.69 Å². The highest BCUT2D eigenvalue weighted by Crippen LogP contribution is 2.27. The van der Waals surface area contributed by atoms with Crippen LogP contribution in [0.15, 0.2) is 24.3 Å². The maximum absolute atomic E-state index is 11.8. The number of benzene rings is 1. The third kappa shape index (κ3) is 2.94. The number of halogens is 1. The van der Waals surface area contributed by atoms with Crippen LogP contribution in [0, 0.1) is 5.92 Å². The second-order valence-electron chi connectivity index (χ2n) is 4.29. The van der Waals surface area contributed by atoms with Crippen LogP contribution in [0.5, 0.6) is 5.75 Å². The average Bonchev–Trinajstić information content (AvgIpc) is 2.78. The predicted octanol–water partition coefficient (Wildman–Crippen LogP) is 1.65. The van der Waals surface area contributed by atoms with Crippen molar-refractivity contribution in [2.75, 3.05) is 30.5 Å². The van der Waals surface area contributed by atoms with Gasteiger partial charge in [-0.1, -0.05) is 0 Å². The van der Waals surface area contributed by atoms with Crippen molar-refractivity contribution >= 4 is 23.2 Å². The van der Waals surface area contributed by atoms with Crippen LogP contribution in [0.1, 0.15) is 6.42 Å². The molecule has 1 aromatic rings. The molecular formula is C13H16ClNO3. The molecule has 2 rings (SSSR count). The first-order valence-electron chi connectivity index (χ1n) is 5.94. The van der Waals surface area contributed by atoms with E-state index in [1.165, 1.54) is 0 Å². The molecule has 1 aliphatic rings. The summed E-state index contributed by atoms with van der Waals surface area (Å²) in [7, 11) is 0. The normalized spacial score (nSPS) is 19.3. The van der Waals surface area contributed by atoms with Crippen molar-refractivity contribution in [1.82, 2.24) is 0 Å². The number of amides is 1. The number of anilines is 1. The molecule has 0 aliphatic carbocycles. The Morgan fingerprint density at radius 2 is 2.11 bits per heavy atom. The fourth-order valence-corrected chi connectivity index (χ4v) is 2.23. The van der Waals surface area contributed by atoms with Crippen molar-refractivity contribution in [2.45, 2.75) is 6.42 Å². The maximum Gasteiger partial charge on any atom is 0.227 e. The standard InChI is InChI=1S/C13H16ClNO3/c14-8-10-7-13(17)15(9-10)11-1-3-12(4-2-11)18-6-5-16/h1-4,10,16H,5-9H2. The van der Waals surface area contributed by atoms with Crippen LogP contribution < -0.4 is 9.64 Å². The van der Waals surface area contributed by atoms with Gasteiger partial charge in [0.05, 0.1) is 6.61 Å². The average molecular weight is 270 g/mol. The molecule has 18 heavy (non-hydrogen) atoms. The molecule has 1 saturated heterocycles. The van der Waals surface area contributed by atoms with E-state index in [1.54, 1.807) is 17.0 Å². The van der Waals surface area contributed by atoms with Gasteiger partial charge in [0.25, 0.3) is 0 Å². The first kappa shape index (κ1) is 13.2. The van der Waals surface area contributed by atoms with Gasteiger partial charge in [-0.2, -0.15) is 0 Å². The van der Waals surface area contributed by atoms with Gasteiger partial charge in [-0.3, -0.25) is 4.79 Å². The summed E-state index contributed by atoms with van der Waals surface area (Å²) in [6.45, 7) is 0.944. The van der Waals surface area contributed by atoms with Gasteiger partial charge < -0.3 is 14.7 Å². The number of hydrogen-bond acceptors (Lipinski definition) is 3. The third-order valence-electron chi connectivity index (χ3n) is 2.93. The molecule has 1 atom stereocenters. The lowest BCUT2D eigenvalue weighted by Crippen LogP contribution is -2.24. The number of alkyl halides is 1. The van der Waals surface area contributed by atoms with E-state index in [-0.39, 0.29) is 25.0 Å². The molecule has 1 amide bonds. The lowest BCUT2D eigenvalue weighted by Gasteiger charge is -2.16. The molecule has 1 N–H and O–H groups in total. The van der Waals surface area contributed by atoms with Crippen LogP contribution in [-0.4, -0.2) is 36.7 Å². The number of hydrogen-bond donors (Lipinski definition) is 1. The Labute approximate surface area is 111 Å². The zero-order chi connectivity index (χ0) is 13.0. The van der Waals surface area contributed by atoms with Crippen molar-refractivity contribution in [1.29, 1.82) is 0 Å². The number of carbonyl (C=O) groups excluding carboxylic acids is 1. The first-order valence-corrected chi connectivity index (χ1v) is 6.48. The molecule has 0 radical (unpaired) electrons. The van der Waals surface area contributed by atoms with Crippen molar-refractivity contribution < 1.29 is 14.6 Å². The predicted molar refractivity (Wildman–Crippen MR) is 70.2 cm³/mol. The molecule has 1 aromatic carbocycles. The minimum absolute atomic E-state index is 0.0102. The summed E-state index contributed by atoms with van der Waals surface area (Å²) in [6, 6.07) is 7.29. The zero-order valence-corrected chi connectivity index (χ0v) is 10.8. The van der Waals surface area contributed by atoms with Crippen LogP contribution in [-0.2, 0) is 4.79 Å². The molecule has 0 spiro atoms. The fourth-order valence-electron chi connectivity index (χ4n) is 2.02. The van der Waals surface area contributed by atoms with Gasteiger partial charge in [-0.25, -0.2) is 0 Å². The quantitative estimate of drug-likeness (QED) is 0.827. The minimum Gasteiger partial charge on any atom is -0.491 e. The molecule has 4 nitrogen and oxygen atoms in total. The monoisotopic (exact) mass is 269 g/mol. The van der Waals surface area contributed by atoms with E-state index >= 15 is 0 Å². The smallest absolute Gasteiger partial charge is 0.227 e. The molecule has 0 bridgehead atoms. The summed E-state index contributed by atoms with van der Waals surface area (Å²) < 4.78 is 5.27. The number of rotatable bonds is 5. The minimum atomic E-state index is -0.0102. The first-order chi connectivity index (χ1) is 8.74. The summed E-state index contributed by atoms with van der Waals surface area (Å²) in [4.78, 5) is 13.6. The summed E-state index contributed by atoms with van der Waals surface area (Å²) >= 11 is 5.79. The topological polar surface area (TPSA) is 49.8 Å². The van der Waals surface area contributed by atoms with Crippen molar-refractivity contribution in [3.8, 4) is 5.75 Å². The summed E-state index contributed by atoms with van der Waals surface area (Å²) in [5.74, 6) is 1.56. The molecule has 1 aliphatic heterocycles. The van der Waals surface area contributed by atoms with Gasteiger partial charge in [0.2, 0.25) is 5.91 Å². The Morgan fingerprint density at radius 1 is 1.39 bits per heavy atom.